The molecular formula is C30H30N2O6. The summed E-state index contributed by atoms with van der Waals surface area (Å²) in [5.41, 5.74) is 2.51. The zero-order valence-electron chi connectivity index (χ0n) is 21.3. The van der Waals surface area contributed by atoms with E-state index < -0.39 is 5.92 Å². The monoisotopic (exact) mass is 514 g/mol. The van der Waals surface area contributed by atoms with Gasteiger partial charge in [0.15, 0.2) is 11.6 Å². The molecule has 0 saturated carbocycles. The number of pyridine rings is 1. The molecule has 1 aliphatic heterocycles. The molecule has 1 saturated heterocycles. The van der Waals surface area contributed by atoms with Gasteiger partial charge in [-0.2, -0.15) is 0 Å². The Hall–Kier alpha value is -4.07. The number of ketones is 2. The minimum absolute atomic E-state index is 0.226. The third-order valence-corrected chi connectivity index (χ3v) is 7.19. The number of carbonyl (C=O) groups is 4. The maximum Gasteiger partial charge on any atom is 0.229 e. The van der Waals surface area contributed by atoms with Crippen LogP contribution in [0.15, 0.2) is 48.5 Å². The Balaban J connectivity index is 1.13. The van der Waals surface area contributed by atoms with Gasteiger partial charge in [0.25, 0.3) is 0 Å². The number of aryl methyl sites for hydroxylation is 1. The van der Waals surface area contributed by atoms with E-state index >= 15 is 0 Å². The van der Waals surface area contributed by atoms with Crippen molar-refractivity contribution in [1.29, 1.82) is 0 Å². The maximum atomic E-state index is 13.2. The molecule has 2 atom stereocenters. The second-order valence-electron chi connectivity index (χ2n) is 9.87. The number of ether oxygens (including phenoxy) is 2. The predicted octanol–water partition coefficient (Wildman–Crippen LogP) is 4.61. The lowest BCUT2D eigenvalue weighted by molar-refractivity contribution is -0.136. The van der Waals surface area contributed by atoms with Gasteiger partial charge >= 0.3 is 0 Å². The smallest absolute Gasteiger partial charge is 0.229 e. The summed E-state index contributed by atoms with van der Waals surface area (Å²) in [6.07, 6.45) is 2.86. The number of nitrogens with zero attached hydrogens (tertiary/aromatic N) is 1. The number of carbonyl (C=O) groups excluding carboxylic acids is 4. The maximum absolute atomic E-state index is 13.2. The summed E-state index contributed by atoms with van der Waals surface area (Å²) < 4.78 is 12.0. The largest absolute Gasteiger partial charge is 0.493 e. The van der Waals surface area contributed by atoms with E-state index in [4.69, 9.17) is 9.47 Å². The van der Waals surface area contributed by atoms with E-state index in [0.29, 0.717) is 49.4 Å². The quantitative estimate of drug-likeness (QED) is 0.239. The molecule has 2 amide bonds. The molecule has 2 unspecified atom stereocenters. The van der Waals surface area contributed by atoms with Gasteiger partial charge in [-0.25, -0.2) is 0 Å². The summed E-state index contributed by atoms with van der Waals surface area (Å²) in [7, 11) is 0. The van der Waals surface area contributed by atoms with Gasteiger partial charge in [0.1, 0.15) is 11.5 Å². The second kappa shape index (κ2) is 11.1. The summed E-state index contributed by atoms with van der Waals surface area (Å²) >= 11 is 0. The predicted molar refractivity (Wildman–Crippen MR) is 140 cm³/mol. The number of nitrogens with one attached hydrogen (secondary N) is 1. The minimum atomic E-state index is -0.813. The summed E-state index contributed by atoms with van der Waals surface area (Å²) in [6, 6.07) is 14.9. The standard InChI is InChI=1S/C30H30N2O6/c1-18-17-25(20-7-2-3-9-23(20)31-18)38-16-5-4-15-37-24-10-6-8-21-27(24)29(35)22(28(21)34)13-11-19-12-14-26(33)32-30(19)36/h2-3,6-10,17,19,22H,4-5,11-16H2,1H3,(H,32,33,36). The van der Waals surface area contributed by atoms with Gasteiger partial charge in [-0.05, 0) is 57.2 Å². The number of imide groups is 1. The third-order valence-electron chi connectivity index (χ3n) is 7.19. The van der Waals surface area contributed by atoms with Crippen molar-refractivity contribution in [3.05, 3.63) is 65.4 Å². The lowest BCUT2D eigenvalue weighted by Crippen LogP contribution is -2.40. The second-order valence-corrected chi connectivity index (χ2v) is 9.87. The minimum Gasteiger partial charge on any atom is -0.493 e. The van der Waals surface area contributed by atoms with Crippen LogP contribution in [0.5, 0.6) is 11.5 Å². The molecule has 0 radical (unpaired) electrons. The fourth-order valence-corrected chi connectivity index (χ4v) is 5.19. The van der Waals surface area contributed by atoms with E-state index in [-0.39, 0.29) is 42.1 Å². The van der Waals surface area contributed by atoms with Crippen LogP contribution in [-0.4, -0.2) is 41.6 Å². The van der Waals surface area contributed by atoms with Gasteiger partial charge in [0.05, 0.1) is 30.2 Å². The zero-order chi connectivity index (χ0) is 26.6. The average Bonchev–Trinajstić information content (AvgIpc) is 3.15. The molecule has 1 aromatic heterocycles. The number of unbranched alkanes of at least 4 members (excludes halogenated alkanes) is 1. The van der Waals surface area contributed by atoms with Crippen LogP contribution in [0.25, 0.3) is 10.9 Å². The molecule has 2 heterocycles. The van der Waals surface area contributed by atoms with Crippen LogP contribution in [0, 0.1) is 18.8 Å². The van der Waals surface area contributed by atoms with Gasteiger partial charge in [0, 0.05) is 35.0 Å². The highest BCUT2D eigenvalue weighted by Gasteiger charge is 2.41. The molecule has 0 bridgehead atoms. The molecule has 5 rings (SSSR count). The molecule has 0 spiro atoms. The number of benzene rings is 2. The van der Waals surface area contributed by atoms with E-state index in [1.54, 1.807) is 18.2 Å². The first-order valence-electron chi connectivity index (χ1n) is 13.1. The summed E-state index contributed by atoms with van der Waals surface area (Å²) in [4.78, 5) is 54.1. The molecule has 1 aliphatic carbocycles. The summed E-state index contributed by atoms with van der Waals surface area (Å²) in [6.45, 7) is 2.85. The van der Waals surface area contributed by atoms with Crippen LogP contribution in [0.1, 0.15) is 64.9 Å². The normalized spacial score (nSPS) is 19.0. The highest BCUT2D eigenvalue weighted by Crippen LogP contribution is 2.37. The number of piperidine rings is 1. The van der Waals surface area contributed by atoms with E-state index in [1.807, 2.05) is 37.3 Å². The number of aromatic nitrogens is 1. The average molecular weight is 515 g/mol. The Bertz CT molecular complexity index is 1420. The number of fused-ring (bicyclic) bond motifs is 2. The molecule has 2 aromatic carbocycles. The van der Waals surface area contributed by atoms with Crippen molar-refractivity contribution < 1.29 is 28.7 Å². The van der Waals surface area contributed by atoms with Crippen molar-refractivity contribution >= 4 is 34.3 Å². The first-order chi connectivity index (χ1) is 18.4. The van der Waals surface area contributed by atoms with Crippen molar-refractivity contribution in [2.45, 2.75) is 45.4 Å². The Morgan fingerprint density at radius 2 is 1.66 bits per heavy atom. The van der Waals surface area contributed by atoms with Crippen LogP contribution in [0.3, 0.4) is 0 Å². The number of rotatable bonds is 10. The SMILES string of the molecule is Cc1cc(OCCCCOc2cccc3c2C(=O)C(CCC2CCC(=O)NC2=O)C3=O)c2ccccc2n1. The Kier molecular flexibility index (Phi) is 7.49. The van der Waals surface area contributed by atoms with Crippen molar-refractivity contribution in [3.63, 3.8) is 0 Å². The lowest BCUT2D eigenvalue weighted by Gasteiger charge is -2.21. The van der Waals surface area contributed by atoms with Crippen molar-refractivity contribution in [1.82, 2.24) is 10.3 Å². The van der Waals surface area contributed by atoms with Gasteiger partial charge in [-0.3, -0.25) is 29.5 Å². The summed E-state index contributed by atoms with van der Waals surface area (Å²) in [5.74, 6) is -1.02. The fraction of sp³-hybridized carbons (Fsp3) is 0.367. The van der Waals surface area contributed by atoms with Crippen molar-refractivity contribution in [2.75, 3.05) is 13.2 Å². The molecule has 8 heteroatoms. The van der Waals surface area contributed by atoms with Crippen LogP contribution in [0.2, 0.25) is 0 Å². The number of amides is 2. The Morgan fingerprint density at radius 3 is 2.45 bits per heavy atom. The highest BCUT2D eigenvalue weighted by atomic mass is 16.5. The zero-order valence-corrected chi connectivity index (χ0v) is 21.3. The van der Waals surface area contributed by atoms with Gasteiger partial charge in [0.2, 0.25) is 11.8 Å². The van der Waals surface area contributed by atoms with Crippen molar-refractivity contribution in [2.24, 2.45) is 11.8 Å². The summed E-state index contributed by atoms with van der Waals surface area (Å²) in [5, 5.41) is 3.31. The molecule has 196 valence electrons. The fourth-order valence-electron chi connectivity index (χ4n) is 5.19. The van der Waals surface area contributed by atoms with E-state index in [2.05, 4.69) is 10.3 Å². The Morgan fingerprint density at radius 1 is 0.895 bits per heavy atom. The molecule has 8 nitrogen and oxygen atoms in total. The first kappa shape index (κ1) is 25.6. The topological polar surface area (TPSA) is 112 Å². The number of hydrogen-bond donors (Lipinski definition) is 1. The molecule has 1 fully saturated rings. The molecule has 1 N–H and O–H groups in total. The van der Waals surface area contributed by atoms with Gasteiger partial charge < -0.3 is 9.47 Å². The van der Waals surface area contributed by atoms with Gasteiger partial charge in [-0.15, -0.1) is 0 Å². The van der Waals surface area contributed by atoms with E-state index in [9.17, 15) is 19.2 Å². The number of Topliss-reactive ketones (excluding diaryl/α,β-unsaturated/α-hetero) is 2. The van der Waals surface area contributed by atoms with E-state index in [1.165, 1.54) is 0 Å². The molecule has 2 aliphatic rings. The van der Waals surface area contributed by atoms with Gasteiger partial charge in [-0.1, -0.05) is 24.3 Å². The number of hydrogen-bond acceptors (Lipinski definition) is 7. The molecular weight excluding hydrogens is 484 g/mol. The lowest BCUT2D eigenvalue weighted by atomic mass is 9.88. The third kappa shape index (κ3) is 5.30. The first-order valence-corrected chi connectivity index (χ1v) is 13.1. The van der Waals surface area contributed by atoms with E-state index in [0.717, 1.165) is 28.8 Å². The van der Waals surface area contributed by atoms with Crippen LogP contribution in [0.4, 0.5) is 0 Å². The molecule has 3 aromatic rings. The van der Waals surface area contributed by atoms with Crippen LogP contribution in [-0.2, 0) is 9.59 Å². The Labute approximate surface area is 220 Å². The molecule has 38 heavy (non-hydrogen) atoms. The van der Waals surface area contributed by atoms with Crippen LogP contribution < -0.4 is 14.8 Å². The highest BCUT2D eigenvalue weighted by molar-refractivity contribution is 6.27. The van der Waals surface area contributed by atoms with Crippen molar-refractivity contribution in [3.8, 4) is 11.5 Å². The van der Waals surface area contributed by atoms with Crippen LogP contribution >= 0.6 is 0 Å². The number of para-hydroxylation sites is 1.